The number of para-hydroxylation sites is 1. The van der Waals surface area contributed by atoms with Crippen LogP contribution in [0.5, 0.6) is 0 Å². The first kappa shape index (κ1) is 26.9. The molecule has 1 aromatic rings. The normalized spacial score (nSPS) is 31.4. The van der Waals surface area contributed by atoms with E-state index in [9.17, 15) is 19.5 Å². The number of carbonyl (C=O) groups excluding carboxylic acids is 3. The third-order valence-corrected chi connectivity index (χ3v) is 8.75. The molecule has 0 aliphatic carbocycles. The van der Waals surface area contributed by atoms with Crippen molar-refractivity contribution in [1.29, 1.82) is 0 Å². The Bertz CT molecular complexity index is 1180. The van der Waals surface area contributed by atoms with Crippen LogP contribution >= 0.6 is 11.6 Å². The van der Waals surface area contributed by atoms with Crippen molar-refractivity contribution in [2.75, 3.05) is 31.1 Å². The van der Waals surface area contributed by atoms with Crippen LogP contribution in [0.15, 0.2) is 42.5 Å². The Morgan fingerprint density at radius 2 is 1.89 bits per heavy atom. The number of aliphatic hydroxyl groups is 1. The van der Waals surface area contributed by atoms with Gasteiger partial charge in [0.2, 0.25) is 11.8 Å². The number of fused-ring (bicyclic) bond motifs is 2. The zero-order valence-corrected chi connectivity index (χ0v) is 23.1. The number of aryl methyl sites for hydroxylation is 1. The van der Waals surface area contributed by atoms with E-state index in [1.54, 1.807) is 15.9 Å². The molecule has 4 aliphatic rings. The molecule has 204 valence electrons. The third kappa shape index (κ3) is 3.91. The average molecular weight is 542 g/mol. The van der Waals surface area contributed by atoms with Gasteiger partial charge in [0.25, 0.3) is 5.91 Å². The summed E-state index contributed by atoms with van der Waals surface area (Å²) in [5.74, 6) is -2.56. The van der Waals surface area contributed by atoms with Crippen molar-refractivity contribution in [3.05, 3.63) is 53.1 Å². The molecule has 1 N–H and O–H groups in total. The molecule has 2 fully saturated rings. The lowest BCUT2D eigenvalue weighted by Gasteiger charge is -2.40. The van der Waals surface area contributed by atoms with E-state index in [1.165, 1.54) is 4.90 Å². The number of likely N-dealkylation sites (tertiary alicyclic amines) is 1. The first-order chi connectivity index (χ1) is 18.2. The molecule has 0 radical (unpaired) electrons. The molecular formula is C29H36ClN3O5. The first-order valence-electron chi connectivity index (χ1n) is 13.5. The maximum Gasteiger partial charge on any atom is 0.253 e. The Morgan fingerprint density at radius 3 is 2.55 bits per heavy atom. The molecule has 0 saturated carbocycles. The van der Waals surface area contributed by atoms with Crippen LogP contribution in [0.3, 0.4) is 0 Å². The van der Waals surface area contributed by atoms with E-state index in [0.717, 1.165) is 12.0 Å². The van der Waals surface area contributed by atoms with Crippen LogP contribution in [0.25, 0.3) is 0 Å². The number of carbonyl (C=O) groups is 3. The highest BCUT2D eigenvalue weighted by Gasteiger charge is 2.72. The summed E-state index contributed by atoms with van der Waals surface area (Å²) in [7, 11) is 0. The van der Waals surface area contributed by atoms with Crippen LogP contribution in [-0.4, -0.2) is 82.7 Å². The van der Waals surface area contributed by atoms with Crippen LogP contribution in [-0.2, 0) is 19.1 Å². The Kier molecular flexibility index (Phi) is 7.18. The lowest BCUT2D eigenvalue weighted by molar-refractivity contribution is -0.147. The summed E-state index contributed by atoms with van der Waals surface area (Å²) in [6.07, 6.45) is 7.61. The lowest BCUT2D eigenvalue weighted by atomic mass is 9.77. The van der Waals surface area contributed by atoms with Crippen molar-refractivity contribution in [2.45, 2.75) is 57.9 Å². The molecule has 0 bridgehead atoms. The second-order valence-electron chi connectivity index (χ2n) is 11.1. The Hall–Kier alpha value is -2.68. The van der Waals surface area contributed by atoms with Crippen molar-refractivity contribution in [2.24, 2.45) is 17.8 Å². The predicted octanol–water partition coefficient (Wildman–Crippen LogP) is 2.96. The topological polar surface area (TPSA) is 90.4 Å². The van der Waals surface area contributed by atoms with Crippen LogP contribution in [0, 0.1) is 24.7 Å². The maximum atomic E-state index is 14.5. The van der Waals surface area contributed by atoms with E-state index in [0.29, 0.717) is 23.8 Å². The molecule has 9 heteroatoms. The van der Waals surface area contributed by atoms with Crippen LogP contribution in [0.1, 0.15) is 32.8 Å². The minimum atomic E-state index is -1.34. The van der Waals surface area contributed by atoms with Gasteiger partial charge in [-0.3, -0.25) is 14.4 Å². The molecule has 4 heterocycles. The molecule has 38 heavy (non-hydrogen) atoms. The standard InChI is InChI=1S/C29H36ClN3O5/c1-5-13-31-14-7-11-21-22(26(31)35)23-27(36)33(20(16-34)17(2)3)25-28(37)32(15-8-12-29(23,25)38-21)24-18(4)9-6-10-19(24)30/h6-12,17,20-23,25,34H,5,13-16H2,1-4H3/t20-,21+,22-,23-,25?,29-/m0/s1. The number of halogens is 1. The van der Waals surface area contributed by atoms with Gasteiger partial charge in [-0.15, -0.1) is 0 Å². The molecule has 0 aromatic heterocycles. The molecule has 1 unspecified atom stereocenters. The van der Waals surface area contributed by atoms with Crippen LogP contribution in [0.4, 0.5) is 5.69 Å². The van der Waals surface area contributed by atoms with Crippen LogP contribution in [0.2, 0.25) is 5.02 Å². The second-order valence-corrected chi connectivity index (χ2v) is 11.5. The SMILES string of the molecule is CCCN1CC=C[C@H]2O[C@]34C=CCN(c5c(C)cccc5Cl)C(=O)C3N([C@@H](CO)C(C)C)C(=O)[C@@H]4[C@H]2C1=O. The number of aliphatic hydroxyl groups excluding tert-OH is 1. The van der Waals surface area contributed by atoms with Crippen molar-refractivity contribution < 1.29 is 24.2 Å². The zero-order valence-electron chi connectivity index (χ0n) is 22.3. The van der Waals surface area contributed by atoms with Gasteiger partial charge in [-0.1, -0.05) is 68.8 Å². The number of amides is 3. The minimum Gasteiger partial charge on any atom is -0.394 e. The van der Waals surface area contributed by atoms with E-state index in [2.05, 4.69) is 0 Å². The predicted molar refractivity (Wildman–Crippen MR) is 145 cm³/mol. The summed E-state index contributed by atoms with van der Waals surface area (Å²) < 4.78 is 6.68. The fraction of sp³-hybridized carbons (Fsp3) is 0.552. The number of hydrogen-bond donors (Lipinski definition) is 1. The molecule has 1 spiro atoms. The largest absolute Gasteiger partial charge is 0.394 e. The van der Waals surface area contributed by atoms with Gasteiger partial charge in [-0.05, 0) is 30.9 Å². The molecular weight excluding hydrogens is 506 g/mol. The van der Waals surface area contributed by atoms with E-state index in [-0.39, 0.29) is 36.8 Å². The lowest BCUT2D eigenvalue weighted by Crippen LogP contribution is -2.59. The number of hydrogen-bond acceptors (Lipinski definition) is 5. The monoisotopic (exact) mass is 541 g/mol. The molecule has 2 saturated heterocycles. The summed E-state index contributed by atoms with van der Waals surface area (Å²) in [5.41, 5.74) is 0.0698. The van der Waals surface area contributed by atoms with Gasteiger partial charge in [-0.25, -0.2) is 0 Å². The highest BCUT2D eigenvalue weighted by atomic mass is 35.5. The van der Waals surface area contributed by atoms with Crippen molar-refractivity contribution in [3.63, 3.8) is 0 Å². The number of ether oxygens (including phenoxy) is 1. The highest BCUT2D eigenvalue weighted by Crippen LogP contribution is 2.54. The number of nitrogens with zero attached hydrogens (tertiary/aromatic N) is 3. The van der Waals surface area contributed by atoms with Gasteiger partial charge >= 0.3 is 0 Å². The molecule has 8 nitrogen and oxygen atoms in total. The van der Waals surface area contributed by atoms with Crippen molar-refractivity contribution in [1.82, 2.24) is 9.80 Å². The Balaban J connectivity index is 1.67. The second kappa shape index (κ2) is 10.1. The van der Waals surface area contributed by atoms with Crippen LogP contribution < -0.4 is 4.90 Å². The highest BCUT2D eigenvalue weighted by molar-refractivity contribution is 6.34. The van der Waals surface area contributed by atoms with E-state index in [4.69, 9.17) is 16.3 Å². The molecule has 5 rings (SSSR count). The molecule has 6 atom stereocenters. The fourth-order valence-corrected chi connectivity index (χ4v) is 7.07. The molecule has 3 amide bonds. The third-order valence-electron chi connectivity index (χ3n) is 8.45. The van der Waals surface area contributed by atoms with E-state index >= 15 is 0 Å². The van der Waals surface area contributed by atoms with Crippen molar-refractivity contribution >= 4 is 35.0 Å². The summed E-state index contributed by atoms with van der Waals surface area (Å²) in [4.78, 5) is 47.6. The Morgan fingerprint density at radius 1 is 1.13 bits per heavy atom. The zero-order chi connectivity index (χ0) is 27.4. The van der Waals surface area contributed by atoms with E-state index < -0.39 is 35.6 Å². The van der Waals surface area contributed by atoms with Gasteiger partial charge in [0.1, 0.15) is 11.6 Å². The smallest absolute Gasteiger partial charge is 0.253 e. The number of rotatable bonds is 6. The van der Waals surface area contributed by atoms with Gasteiger partial charge in [-0.2, -0.15) is 0 Å². The van der Waals surface area contributed by atoms with E-state index in [1.807, 2.05) is 64.1 Å². The summed E-state index contributed by atoms with van der Waals surface area (Å²) in [5, 5.41) is 10.8. The average Bonchev–Trinajstić information content (AvgIpc) is 3.19. The summed E-state index contributed by atoms with van der Waals surface area (Å²) >= 11 is 6.59. The Labute approximate surface area is 228 Å². The van der Waals surface area contributed by atoms with Gasteiger partial charge in [0.15, 0.2) is 0 Å². The quantitative estimate of drug-likeness (QED) is 0.559. The number of benzene rings is 1. The number of anilines is 1. The molecule has 1 aromatic carbocycles. The molecule has 4 aliphatic heterocycles. The van der Waals surface area contributed by atoms with Gasteiger partial charge in [0, 0.05) is 19.6 Å². The summed E-state index contributed by atoms with van der Waals surface area (Å²) in [6, 6.07) is 3.78. The first-order valence-corrected chi connectivity index (χ1v) is 13.9. The maximum absolute atomic E-state index is 14.5. The van der Waals surface area contributed by atoms with Crippen molar-refractivity contribution in [3.8, 4) is 0 Å². The van der Waals surface area contributed by atoms with Gasteiger partial charge in [0.05, 0.1) is 41.3 Å². The summed E-state index contributed by atoms with van der Waals surface area (Å²) in [6.45, 7) is 8.69. The minimum absolute atomic E-state index is 0.132. The van der Waals surface area contributed by atoms with Gasteiger partial charge < -0.3 is 24.5 Å². The fourth-order valence-electron chi connectivity index (χ4n) is 6.74.